The molecule has 1 aliphatic rings. The molecule has 0 amide bonds. The summed E-state index contributed by atoms with van der Waals surface area (Å²) in [5.74, 6) is 2.11. The van der Waals surface area contributed by atoms with Crippen LogP contribution in [0.5, 0.6) is 11.5 Å². The highest BCUT2D eigenvalue weighted by Gasteiger charge is 2.30. The molecule has 3 aromatic rings. The maximum Gasteiger partial charge on any atom is 0.213 e. The van der Waals surface area contributed by atoms with E-state index in [4.69, 9.17) is 9.47 Å². The number of sulfonamides is 1. The van der Waals surface area contributed by atoms with Crippen LogP contribution < -0.4 is 9.47 Å². The quantitative estimate of drug-likeness (QED) is 0.598. The van der Waals surface area contributed by atoms with Gasteiger partial charge in [-0.1, -0.05) is 12.1 Å². The number of pyridine rings is 1. The summed E-state index contributed by atoms with van der Waals surface area (Å²) in [6.45, 7) is 2.68. The second kappa shape index (κ2) is 8.23. The van der Waals surface area contributed by atoms with E-state index >= 15 is 0 Å². The third-order valence-electron chi connectivity index (χ3n) is 5.57. The first-order valence-corrected chi connectivity index (χ1v) is 11.6. The summed E-state index contributed by atoms with van der Waals surface area (Å²) in [5, 5.41) is 4.67. The minimum absolute atomic E-state index is 0.00483. The Labute approximate surface area is 176 Å². The monoisotopic (exact) mass is 430 g/mol. The van der Waals surface area contributed by atoms with Crippen molar-refractivity contribution < 1.29 is 17.9 Å². The van der Waals surface area contributed by atoms with Crippen LogP contribution in [0, 0.1) is 0 Å². The summed E-state index contributed by atoms with van der Waals surface area (Å²) in [4.78, 5) is 4.66. The first kappa shape index (κ1) is 20.6. The highest BCUT2D eigenvalue weighted by molar-refractivity contribution is 7.89. The standard InChI is InChI=1S/C21H26N4O4S/c1-4-30(26,27)24-12-6-7-16(13-24)21-22-19-11-10-15(14-25(19)23-21)17-8-5-9-18(28-2)20(17)29-3/h5,8-11,14,16H,4,6-7,12-13H2,1-3H3. The molecule has 30 heavy (non-hydrogen) atoms. The SMILES string of the molecule is CCS(=O)(=O)N1CCCC(c2nc3ccc(-c4cccc(OC)c4OC)cn3n2)C1. The van der Waals surface area contributed by atoms with Crippen molar-refractivity contribution in [2.24, 2.45) is 0 Å². The molecule has 3 heterocycles. The lowest BCUT2D eigenvalue weighted by atomic mass is 9.99. The van der Waals surface area contributed by atoms with Crippen molar-refractivity contribution in [3.8, 4) is 22.6 Å². The van der Waals surface area contributed by atoms with Gasteiger partial charge in [0.05, 0.1) is 20.0 Å². The minimum atomic E-state index is -3.20. The maximum absolute atomic E-state index is 12.3. The second-order valence-electron chi connectivity index (χ2n) is 7.33. The summed E-state index contributed by atoms with van der Waals surface area (Å²) in [6, 6.07) is 9.62. The van der Waals surface area contributed by atoms with Gasteiger partial charge in [-0.25, -0.2) is 22.2 Å². The number of benzene rings is 1. The molecule has 1 saturated heterocycles. The van der Waals surface area contributed by atoms with E-state index in [9.17, 15) is 8.42 Å². The van der Waals surface area contributed by atoms with E-state index in [1.165, 1.54) is 0 Å². The normalized spacial score (nSPS) is 17.9. The molecular formula is C21H26N4O4S. The zero-order valence-corrected chi connectivity index (χ0v) is 18.2. The van der Waals surface area contributed by atoms with E-state index in [1.54, 1.807) is 30.0 Å². The first-order valence-electron chi connectivity index (χ1n) is 10.0. The van der Waals surface area contributed by atoms with Crippen LogP contribution in [-0.2, 0) is 10.0 Å². The Hall–Kier alpha value is -2.65. The van der Waals surface area contributed by atoms with E-state index in [-0.39, 0.29) is 11.7 Å². The molecule has 0 bridgehead atoms. The van der Waals surface area contributed by atoms with Crippen LogP contribution in [-0.4, -0.2) is 60.4 Å². The fourth-order valence-corrected chi connectivity index (χ4v) is 5.11. The van der Waals surface area contributed by atoms with Crippen LogP contribution in [0.25, 0.3) is 16.8 Å². The molecule has 8 nitrogen and oxygen atoms in total. The second-order valence-corrected chi connectivity index (χ2v) is 9.59. The lowest BCUT2D eigenvalue weighted by Gasteiger charge is -2.30. The summed E-state index contributed by atoms with van der Waals surface area (Å²) in [5.41, 5.74) is 2.55. The third kappa shape index (κ3) is 3.75. The average molecular weight is 431 g/mol. The van der Waals surface area contributed by atoms with Crippen molar-refractivity contribution in [2.75, 3.05) is 33.1 Å². The lowest BCUT2D eigenvalue weighted by molar-refractivity contribution is 0.309. The molecular weight excluding hydrogens is 404 g/mol. The number of para-hydroxylation sites is 1. The molecule has 0 spiro atoms. The number of hydrogen-bond donors (Lipinski definition) is 0. The van der Waals surface area contributed by atoms with Gasteiger partial charge in [0.25, 0.3) is 0 Å². The Bertz CT molecular complexity index is 1160. The largest absolute Gasteiger partial charge is 0.493 e. The molecule has 1 aromatic carbocycles. The van der Waals surface area contributed by atoms with E-state index in [0.29, 0.717) is 30.4 Å². The third-order valence-corrected chi connectivity index (χ3v) is 7.42. The van der Waals surface area contributed by atoms with Gasteiger partial charge in [0.1, 0.15) is 0 Å². The van der Waals surface area contributed by atoms with Gasteiger partial charge >= 0.3 is 0 Å². The van der Waals surface area contributed by atoms with Crippen LogP contribution in [0.2, 0.25) is 0 Å². The topological polar surface area (TPSA) is 86.0 Å². The van der Waals surface area contributed by atoms with Crippen LogP contribution in [0.3, 0.4) is 0 Å². The zero-order chi connectivity index (χ0) is 21.3. The number of rotatable bonds is 6. The van der Waals surface area contributed by atoms with Gasteiger partial charge in [-0.05, 0) is 38.0 Å². The van der Waals surface area contributed by atoms with Gasteiger partial charge in [0.15, 0.2) is 23.0 Å². The number of piperidine rings is 1. The van der Waals surface area contributed by atoms with Crippen LogP contribution in [0.15, 0.2) is 36.5 Å². The average Bonchev–Trinajstić information content (AvgIpc) is 3.22. The number of hydrogen-bond acceptors (Lipinski definition) is 6. The molecule has 0 N–H and O–H groups in total. The van der Waals surface area contributed by atoms with Crippen LogP contribution >= 0.6 is 0 Å². The van der Waals surface area contributed by atoms with Crippen molar-refractivity contribution >= 4 is 15.7 Å². The molecule has 160 valence electrons. The molecule has 1 fully saturated rings. The first-order chi connectivity index (χ1) is 14.5. The summed E-state index contributed by atoms with van der Waals surface area (Å²) < 4.78 is 38.8. The van der Waals surface area contributed by atoms with Crippen molar-refractivity contribution in [3.05, 3.63) is 42.4 Å². The summed E-state index contributed by atoms with van der Waals surface area (Å²) in [7, 11) is 0.0254. The van der Waals surface area contributed by atoms with Gasteiger partial charge in [-0.3, -0.25) is 0 Å². The van der Waals surface area contributed by atoms with Crippen molar-refractivity contribution in [3.63, 3.8) is 0 Å². The summed E-state index contributed by atoms with van der Waals surface area (Å²) >= 11 is 0. The van der Waals surface area contributed by atoms with E-state index < -0.39 is 10.0 Å². The molecule has 1 unspecified atom stereocenters. The Morgan fingerprint density at radius 3 is 2.73 bits per heavy atom. The number of aromatic nitrogens is 3. The predicted molar refractivity (Wildman–Crippen MR) is 115 cm³/mol. The predicted octanol–water partition coefficient (Wildman–Crippen LogP) is 2.94. The van der Waals surface area contributed by atoms with E-state index in [0.717, 1.165) is 29.6 Å². The van der Waals surface area contributed by atoms with Crippen molar-refractivity contribution in [1.29, 1.82) is 0 Å². The minimum Gasteiger partial charge on any atom is -0.493 e. The van der Waals surface area contributed by atoms with Gasteiger partial charge in [0, 0.05) is 36.3 Å². The summed E-state index contributed by atoms with van der Waals surface area (Å²) in [6.07, 6.45) is 3.60. The zero-order valence-electron chi connectivity index (χ0n) is 17.4. The maximum atomic E-state index is 12.3. The molecule has 0 radical (unpaired) electrons. The van der Waals surface area contributed by atoms with Gasteiger partial charge in [-0.2, -0.15) is 5.10 Å². The molecule has 1 atom stereocenters. The molecule has 9 heteroatoms. The molecule has 0 aliphatic carbocycles. The number of methoxy groups -OCH3 is 2. The number of nitrogens with zero attached hydrogens (tertiary/aromatic N) is 4. The Morgan fingerprint density at radius 2 is 2.00 bits per heavy atom. The Morgan fingerprint density at radius 1 is 1.17 bits per heavy atom. The highest BCUT2D eigenvalue weighted by atomic mass is 32.2. The fourth-order valence-electron chi connectivity index (χ4n) is 3.94. The highest BCUT2D eigenvalue weighted by Crippen LogP contribution is 2.37. The van der Waals surface area contributed by atoms with Gasteiger partial charge in [-0.15, -0.1) is 0 Å². The molecule has 4 rings (SSSR count). The smallest absolute Gasteiger partial charge is 0.213 e. The Balaban J connectivity index is 1.67. The van der Waals surface area contributed by atoms with Gasteiger partial charge in [0.2, 0.25) is 10.0 Å². The van der Waals surface area contributed by atoms with Crippen LogP contribution in [0.4, 0.5) is 0 Å². The van der Waals surface area contributed by atoms with Crippen LogP contribution in [0.1, 0.15) is 31.5 Å². The molecule has 1 aliphatic heterocycles. The number of fused-ring (bicyclic) bond motifs is 1. The molecule has 0 saturated carbocycles. The van der Waals surface area contributed by atoms with E-state index in [1.807, 2.05) is 36.5 Å². The van der Waals surface area contributed by atoms with Crippen molar-refractivity contribution in [1.82, 2.24) is 18.9 Å². The van der Waals surface area contributed by atoms with Crippen molar-refractivity contribution in [2.45, 2.75) is 25.7 Å². The Kier molecular flexibility index (Phi) is 5.66. The van der Waals surface area contributed by atoms with E-state index in [2.05, 4.69) is 10.1 Å². The fraction of sp³-hybridized carbons (Fsp3) is 0.429. The van der Waals surface area contributed by atoms with Gasteiger partial charge < -0.3 is 9.47 Å². The molecule has 2 aromatic heterocycles. The lowest BCUT2D eigenvalue weighted by Crippen LogP contribution is -2.40. The number of ether oxygens (including phenoxy) is 2.